The second-order valence-electron chi connectivity index (χ2n) is 3.13. The first-order valence-corrected chi connectivity index (χ1v) is 5.77. The molecular formula is C11H13BrN2S. The van der Waals surface area contributed by atoms with Crippen LogP contribution in [0.25, 0.3) is 0 Å². The molecule has 1 rings (SSSR count). The van der Waals surface area contributed by atoms with Crippen LogP contribution in [0.15, 0.2) is 41.4 Å². The summed E-state index contributed by atoms with van der Waals surface area (Å²) in [7, 11) is 0. The topological polar surface area (TPSA) is 24.1 Å². The quantitative estimate of drug-likeness (QED) is 0.658. The highest BCUT2D eigenvalue weighted by molar-refractivity contribution is 9.10. The molecule has 2 nitrogen and oxygen atoms in total. The van der Waals surface area contributed by atoms with E-state index < -0.39 is 0 Å². The van der Waals surface area contributed by atoms with Gasteiger partial charge in [-0.05, 0) is 43.4 Å². The van der Waals surface area contributed by atoms with Crippen LogP contribution in [0.5, 0.6) is 0 Å². The van der Waals surface area contributed by atoms with Gasteiger partial charge < -0.3 is 10.6 Å². The molecule has 1 aromatic rings. The molecule has 15 heavy (non-hydrogen) atoms. The molecule has 0 saturated carbocycles. The third-order valence-electron chi connectivity index (χ3n) is 1.81. The Hall–Kier alpha value is -0.870. The maximum absolute atomic E-state index is 5.13. The molecule has 0 bridgehead atoms. The Balaban J connectivity index is 2.51. The average molecular weight is 285 g/mol. The van der Waals surface area contributed by atoms with Crippen molar-refractivity contribution in [3.63, 3.8) is 0 Å². The van der Waals surface area contributed by atoms with E-state index in [9.17, 15) is 0 Å². The fraction of sp³-hybridized carbons (Fsp3) is 0.182. The molecule has 0 saturated heterocycles. The molecule has 1 atom stereocenters. The minimum atomic E-state index is 0.167. The van der Waals surface area contributed by atoms with Crippen LogP contribution in [0.4, 0.5) is 5.69 Å². The van der Waals surface area contributed by atoms with Gasteiger partial charge >= 0.3 is 0 Å². The molecule has 0 fully saturated rings. The summed E-state index contributed by atoms with van der Waals surface area (Å²) in [5.74, 6) is 0. The Morgan fingerprint density at radius 3 is 2.60 bits per heavy atom. The monoisotopic (exact) mass is 284 g/mol. The van der Waals surface area contributed by atoms with Gasteiger partial charge in [-0.3, -0.25) is 0 Å². The molecule has 1 aromatic carbocycles. The maximum Gasteiger partial charge on any atom is 0.171 e. The highest BCUT2D eigenvalue weighted by atomic mass is 79.9. The van der Waals surface area contributed by atoms with Gasteiger partial charge in [0.25, 0.3) is 0 Å². The van der Waals surface area contributed by atoms with Crippen molar-refractivity contribution in [1.29, 1.82) is 0 Å². The summed E-state index contributed by atoms with van der Waals surface area (Å²) in [5.41, 5.74) is 0.965. The van der Waals surface area contributed by atoms with E-state index in [4.69, 9.17) is 12.2 Å². The lowest BCUT2D eigenvalue weighted by Gasteiger charge is -2.13. The van der Waals surface area contributed by atoms with E-state index in [1.165, 1.54) is 0 Å². The molecule has 4 heteroatoms. The van der Waals surface area contributed by atoms with E-state index in [1.54, 1.807) is 6.08 Å². The first-order valence-electron chi connectivity index (χ1n) is 4.57. The number of anilines is 1. The second-order valence-corrected chi connectivity index (χ2v) is 4.45. The number of halogens is 1. The van der Waals surface area contributed by atoms with E-state index in [1.807, 2.05) is 31.2 Å². The van der Waals surface area contributed by atoms with E-state index in [0.29, 0.717) is 5.11 Å². The Kier molecular flexibility index (Phi) is 4.78. The van der Waals surface area contributed by atoms with Crippen LogP contribution in [0, 0.1) is 0 Å². The minimum absolute atomic E-state index is 0.167. The lowest BCUT2D eigenvalue weighted by Crippen LogP contribution is -2.34. The van der Waals surface area contributed by atoms with Crippen LogP contribution in [0.2, 0.25) is 0 Å². The minimum Gasteiger partial charge on any atom is -0.357 e. The largest absolute Gasteiger partial charge is 0.357 e. The predicted octanol–water partition coefficient (Wildman–Crippen LogP) is 3.31. The number of thiocarbonyl (C=S) groups is 1. The van der Waals surface area contributed by atoms with Crippen molar-refractivity contribution in [2.75, 3.05) is 5.32 Å². The van der Waals surface area contributed by atoms with Crippen molar-refractivity contribution in [2.45, 2.75) is 13.0 Å². The Bertz CT molecular complexity index is 348. The summed E-state index contributed by atoms with van der Waals surface area (Å²) in [6, 6.07) is 8.00. The number of benzene rings is 1. The highest BCUT2D eigenvalue weighted by Gasteiger charge is 1.99. The van der Waals surface area contributed by atoms with E-state index in [2.05, 4.69) is 33.1 Å². The smallest absolute Gasteiger partial charge is 0.171 e. The number of hydrogen-bond acceptors (Lipinski definition) is 1. The summed E-state index contributed by atoms with van der Waals surface area (Å²) in [4.78, 5) is 0. The molecule has 0 aliphatic carbocycles. The third kappa shape index (κ3) is 4.44. The molecule has 1 unspecified atom stereocenters. The van der Waals surface area contributed by atoms with Gasteiger partial charge in [0.05, 0.1) is 0 Å². The van der Waals surface area contributed by atoms with E-state index in [-0.39, 0.29) is 6.04 Å². The SMILES string of the molecule is C=CC(C)NC(=S)Nc1ccc(Br)cc1. The van der Waals surface area contributed by atoms with Crippen LogP contribution in [0.1, 0.15) is 6.92 Å². The molecule has 0 aromatic heterocycles. The first-order chi connectivity index (χ1) is 7.11. The summed E-state index contributed by atoms with van der Waals surface area (Å²) in [6.07, 6.45) is 1.80. The van der Waals surface area contributed by atoms with Crippen molar-refractivity contribution in [3.05, 3.63) is 41.4 Å². The lowest BCUT2D eigenvalue weighted by molar-refractivity contribution is 0.815. The molecular weight excluding hydrogens is 272 g/mol. The van der Waals surface area contributed by atoms with Crippen LogP contribution in [-0.4, -0.2) is 11.2 Å². The highest BCUT2D eigenvalue weighted by Crippen LogP contribution is 2.13. The van der Waals surface area contributed by atoms with Crippen molar-refractivity contribution in [1.82, 2.24) is 5.32 Å². The van der Waals surface area contributed by atoms with Crippen LogP contribution in [-0.2, 0) is 0 Å². The normalized spacial score (nSPS) is 11.6. The van der Waals surface area contributed by atoms with Crippen LogP contribution < -0.4 is 10.6 Å². The van der Waals surface area contributed by atoms with E-state index >= 15 is 0 Å². The van der Waals surface area contributed by atoms with Crippen molar-refractivity contribution in [3.8, 4) is 0 Å². The van der Waals surface area contributed by atoms with Gasteiger partial charge in [0.15, 0.2) is 5.11 Å². The molecule has 0 aliphatic heterocycles. The first kappa shape index (κ1) is 12.2. The number of rotatable bonds is 3. The third-order valence-corrected chi connectivity index (χ3v) is 2.56. The molecule has 0 aliphatic rings. The summed E-state index contributed by atoms with van der Waals surface area (Å²) in [5, 5.41) is 6.77. The molecule has 0 spiro atoms. The fourth-order valence-electron chi connectivity index (χ4n) is 0.966. The van der Waals surface area contributed by atoms with E-state index in [0.717, 1.165) is 10.2 Å². The van der Waals surface area contributed by atoms with Gasteiger partial charge in [-0.2, -0.15) is 0 Å². The number of nitrogens with one attached hydrogen (secondary N) is 2. The molecule has 80 valence electrons. The fourth-order valence-corrected chi connectivity index (χ4v) is 1.53. The zero-order chi connectivity index (χ0) is 11.3. The molecule has 0 amide bonds. The zero-order valence-corrected chi connectivity index (χ0v) is 10.9. The Morgan fingerprint density at radius 1 is 1.47 bits per heavy atom. The molecule has 0 heterocycles. The molecule has 2 N–H and O–H groups in total. The van der Waals surface area contributed by atoms with Gasteiger partial charge in [0.1, 0.15) is 0 Å². The Labute approximate surface area is 104 Å². The maximum atomic E-state index is 5.13. The second kappa shape index (κ2) is 5.88. The molecule has 0 radical (unpaired) electrons. The predicted molar refractivity (Wildman–Crippen MR) is 73.2 cm³/mol. The lowest BCUT2D eigenvalue weighted by atomic mass is 10.3. The summed E-state index contributed by atoms with van der Waals surface area (Å²) in [6.45, 7) is 5.66. The number of hydrogen-bond donors (Lipinski definition) is 2. The van der Waals surface area contributed by atoms with Gasteiger partial charge in [-0.15, -0.1) is 6.58 Å². The summed E-state index contributed by atoms with van der Waals surface area (Å²) < 4.78 is 1.05. The zero-order valence-electron chi connectivity index (χ0n) is 8.46. The van der Waals surface area contributed by atoms with Gasteiger partial charge in [0, 0.05) is 16.2 Å². The average Bonchev–Trinajstić information content (AvgIpc) is 2.21. The van der Waals surface area contributed by atoms with Crippen LogP contribution >= 0.6 is 28.1 Å². The standard InChI is InChI=1S/C11H13BrN2S/c1-3-8(2)13-11(15)14-10-6-4-9(12)5-7-10/h3-8H,1H2,2H3,(H2,13,14,15). The van der Waals surface area contributed by atoms with Crippen molar-refractivity contribution >= 4 is 38.9 Å². The van der Waals surface area contributed by atoms with Gasteiger partial charge in [0.2, 0.25) is 0 Å². The summed E-state index contributed by atoms with van der Waals surface area (Å²) >= 11 is 8.50. The van der Waals surface area contributed by atoms with Gasteiger partial charge in [-0.1, -0.05) is 22.0 Å². The Morgan fingerprint density at radius 2 is 2.07 bits per heavy atom. The van der Waals surface area contributed by atoms with Crippen molar-refractivity contribution < 1.29 is 0 Å². The van der Waals surface area contributed by atoms with Crippen molar-refractivity contribution in [2.24, 2.45) is 0 Å². The van der Waals surface area contributed by atoms with Crippen LogP contribution in [0.3, 0.4) is 0 Å². The van der Waals surface area contributed by atoms with Gasteiger partial charge in [-0.25, -0.2) is 0 Å².